The minimum atomic E-state index is 0.0740. The predicted octanol–water partition coefficient (Wildman–Crippen LogP) is 2.57. The Morgan fingerprint density at radius 1 is 1.19 bits per heavy atom. The van der Waals surface area contributed by atoms with Crippen molar-refractivity contribution < 1.29 is 14.9 Å². The topological polar surface area (TPSA) is 49.7 Å². The summed E-state index contributed by atoms with van der Waals surface area (Å²) in [5, 5.41) is 19.2. The number of aromatic hydroxyl groups is 2. The minimum Gasteiger partial charge on any atom is -0.508 e. The van der Waals surface area contributed by atoms with Crippen LogP contribution in [0.5, 0.6) is 17.2 Å². The maximum absolute atomic E-state index is 9.77. The second-order valence-electron chi connectivity index (χ2n) is 3.33. The van der Waals surface area contributed by atoms with Crippen molar-refractivity contribution >= 4 is 0 Å². The van der Waals surface area contributed by atoms with Gasteiger partial charge in [-0.3, -0.25) is 0 Å². The van der Waals surface area contributed by atoms with E-state index in [1.54, 1.807) is 30.3 Å². The molecular formula is C13H11O3. The van der Waals surface area contributed by atoms with Crippen molar-refractivity contribution in [3.63, 3.8) is 0 Å². The molecule has 0 unspecified atom stereocenters. The number of phenols is 2. The van der Waals surface area contributed by atoms with Gasteiger partial charge in [-0.05, 0) is 35.9 Å². The van der Waals surface area contributed by atoms with Gasteiger partial charge in [0, 0.05) is 0 Å². The Hall–Kier alpha value is -2.16. The fourth-order valence-corrected chi connectivity index (χ4v) is 1.58. The number of phenolic OH excluding ortho intramolecular Hbond substituents is 2. The van der Waals surface area contributed by atoms with Crippen LogP contribution in [0.25, 0.3) is 11.1 Å². The molecule has 2 rings (SSSR count). The molecule has 2 N–H and O–H groups in total. The zero-order valence-electron chi connectivity index (χ0n) is 8.77. The van der Waals surface area contributed by atoms with Crippen LogP contribution < -0.4 is 4.74 Å². The van der Waals surface area contributed by atoms with Crippen LogP contribution in [-0.2, 0) is 0 Å². The third-order valence-corrected chi connectivity index (χ3v) is 2.29. The summed E-state index contributed by atoms with van der Waals surface area (Å²) in [6.45, 7) is 0. The normalized spacial score (nSPS) is 10.1. The van der Waals surface area contributed by atoms with Crippen molar-refractivity contribution in [1.29, 1.82) is 0 Å². The van der Waals surface area contributed by atoms with E-state index in [-0.39, 0.29) is 11.5 Å². The molecule has 2 aromatic rings. The molecule has 1 radical (unpaired) electrons. The number of rotatable bonds is 2. The standard InChI is InChI=1S/C13H11O3/c1-16-12-7-3-6-11(15)13(12)9-4-2-5-10(14)8-9/h2,4-8,14-15H,1H3. The van der Waals surface area contributed by atoms with E-state index >= 15 is 0 Å². The maximum Gasteiger partial charge on any atom is 0.131 e. The van der Waals surface area contributed by atoms with Gasteiger partial charge < -0.3 is 14.9 Å². The molecule has 0 aliphatic heterocycles. The summed E-state index contributed by atoms with van der Waals surface area (Å²) < 4.78 is 5.15. The van der Waals surface area contributed by atoms with E-state index in [4.69, 9.17) is 4.74 Å². The fourth-order valence-electron chi connectivity index (χ4n) is 1.58. The van der Waals surface area contributed by atoms with Gasteiger partial charge in [0.15, 0.2) is 0 Å². The predicted molar refractivity (Wildman–Crippen MR) is 60.6 cm³/mol. The Bertz CT molecular complexity index is 506. The first-order valence-electron chi connectivity index (χ1n) is 4.79. The van der Waals surface area contributed by atoms with Crippen LogP contribution in [0.3, 0.4) is 0 Å². The van der Waals surface area contributed by atoms with Gasteiger partial charge >= 0.3 is 0 Å². The summed E-state index contributed by atoms with van der Waals surface area (Å²) in [7, 11) is 1.52. The quantitative estimate of drug-likeness (QED) is 0.809. The number of methoxy groups -OCH3 is 1. The Morgan fingerprint density at radius 3 is 2.69 bits per heavy atom. The summed E-state index contributed by atoms with van der Waals surface area (Å²) in [5.74, 6) is 0.738. The van der Waals surface area contributed by atoms with Crippen molar-refractivity contribution in [2.24, 2.45) is 0 Å². The summed E-state index contributed by atoms with van der Waals surface area (Å²) in [6, 6.07) is 12.5. The zero-order chi connectivity index (χ0) is 11.5. The fraction of sp³-hybridized carbons (Fsp3) is 0.0769. The van der Waals surface area contributed by atoms with Crippen molar-refractivity contribution in [1.82, 2.24) is 0 Å². The van der Waals surface area contributed by atoms with E-state index in [1.807, 2.05) is 0 Å². The lowest BCUT2D eigenvalue weighted by Crippen LogP contribution is -1.88. The van der Waals surface area contributed by atoms with Crippen LogP contribution in [0.2, 0.25) is 0 Å². The third kappa shape index (κ3) is 1.80. The van der Waals surface area contributed by atoms with Gasteiger partial charge in [0.2, 0.25) is 0 Å². The van der Waals surface area contributed by atoms with Gasteiger partial charge in [-0.2, -0.15) is 0 Å². The molecule has 0 amide bonds. The summed E-state index contributed by atoms with van der Waals surface area (Å²) in [5.41, 5.74) is 1.25. The molecule has 3 nitrogen and oxygen atoms in total. The molecule has 16 heavy (non-hydrogen) atoms. The molecule has 0 heterocycles. The number of benzene rings is 2. The van der Waals surface area contributed by atoms with Gasteiger partial charge in [-0.1, -0.05) is 12.1 Å². The number of hydrogen-bond donors (Lipinski definition) is 2. The molecule has 3 heteroatoms. The molecule has 0 bridgehead atoms. The van der Waals surface area contributed by atoms with Crippen LogP contribution >= 0.6 is 0 Å². The summed E-state index contributed by atoms with van der Waals surface area (Å²) in [4.78, 5) is 0. The lowest BCUT2D eigenvalue weighted by Gasteiger charge is -2.10. The van der Waals surface area contributed by atoms with E-state index in [0.717, 1.165) is 0 Å². The average Bonchev–Trinajstić information content (AvgIpc) is 2.28. The van der Waals surface area contributed by atoms with Crippen LogP contribution in [-0.4, -0.2) is 17.3 Å². The highest BCUT2D eigenvalue weighted by Crippen LogP contribution is 2.38. The molecule has 81 valence electrons. The van der Waals surface area contributed by atoms with E-state index in [2.05, 4.69) is 6.07 Å². The van der Waals surface area contributed by atoms with Gasteiger partial charge in [0.1, 0.15) is 17.2 Å². The molecule has 0 aliphatic rings. The highest BCUT2D eigenvalue weighted by atomic mass is 16.5. The Labute approximate surface area is 93.6 Å². The summed E-state index contributed by atoms with van der Waals surface area (Å²) in [6.07, 6.45) is 0. The van der Waals surface area contributed by atoms with Crippen molar-refractivity contribution in [2.45, 2.75) is 0 Å². The van der Waals surface area contributed by atoms with Crippen LogP contribution in [0, 0.1) is 6.07 Å². The molecule has 0 fully saturated rings. The van der Waals surface area contributed by atoms with Gasteiger partial charge in [0.25, 0.3) is 0 Å². The van der Waals surface area contributed by atoms with Gasteiger partial charge in [-0.25, -0.2) is 0 Å². The Kier molecular flexibility index (Phi) is 2.68. The molecular weight excluding hydrogens is 204 g/mol. The highest BCUT2D eigenvalue weighted by Gasteiger charge is 2.10. The van der Waals surface area contributed by atoms with Crippen LogP contribution in [0.4, 0.5) is 0 Å². The SMILES string of the molecule is COc1c[c]cc(O)c1-c1cccc(O)c1. The van der Waals surface area contributed by atoms with E-state index in [9.17, 15) is 10.2 Å². The second-order valence-corrected chi connectivity index (χ2v) is 3.33. The van der Waals surface area contributed by atoms with E-state index in [0.29, 0.717) is 16.9 Å². The largest absolute Gasteiger partial charge is 0.508 e. The molecule has 2 aromatic carbocycles. The minimum absolute atomic E-state index is 0.0740. The van der Waals surface area contributed by atoms with Crippen LogP contribution in [0.15, 0.2) is 36.4 Å². The Morgan fingerprint density at radius 2 is 2.00 bits per heavy atom. The van der Waals surface area contributed by atoms with E-state index in [1.165, 1.54) is 13.2 Å². The molecule has 0 saturated heterocycles. The van der Waals surface area contributed by atoms with Crippen LogP contribution in [0.1, 0.15) is 0 Å². The molecule has 0 atom stereocenters. The summed E-state index contributed by atoms with van der Waals surface area (Å²) >= 11 is 0. The first-order valence-corrected chi connectivity index (χ1v) is 4.79. The highest BCUT2D eigenvalue weighted by molar-refractivity contribution is 5.77. The molecule has 0 spiro atoms. The van der Waals surface area contributed by atoms with Gasteiger partial charge in [-0.15, -0.1) is 0 Å². The number of hydrogen-bond acceptors (Lipinski definition) is 3. The average molecular weight is 215 g/mol. The lowest BCUT2D eigenvalue weighted by molar-refractivity contribution is 0.410. The monoisotopic (exact) mass is 215 g/mol. The van der Waals surface area contributed by atoms with Crippen molar-refractivity contribution in [3.05, 3.63) is 42.5 Å². The molecule has 0 saturated carbocycles. The zero-order valence-corrected chi connectivity index (χ0v) is 8.77. The van der Waals surface area contributed by atoms with Crippen molar-refractivity contribution in [2.75, 3.05) is 7.11 Å². The first kappa shape index (κ1) is 10.4. The maximum atomic E-state index is 9.77. The third-order valence-electron chi connectivity index (χ3n) is 2.29. The smallest absolute Gasteiger partial charge is 0.131 e. The Balaban J connectivity index is 2.63. The molecule has 0 aromatic heterocycles. The van der Waals surface area contributed by atoms with E-state index < -0.39 is 0 Å². The van der Waals surface area contributed by atoms with Crippen molar-refractivity contribution in [3.8, 4) is 28.4 Å². The van der Waals surface area contributed by atoms with Gasteiger partial charge in [0.05, 0.1) is 12.7 Å². The lowest BCUT2D eigenvalue weighted by atomic mass is 10.0. The molecule has 0 aliphatic carbocycles. The number of ether oxygens (including phenoxy) is 1. The first-order chi connectivity index (χ1) is 7.72. The second kappa shape index (κ2) is 4.14.